The molecule has 0 atom stereocenters. The molecular formula is C12H24N4O2S. The summed E-state index contributed by atoms with van der Waals surface area (Å²) in [6, 6.07) is 0. The molecule has 19 heavy (non-hydrogen) atoms. The number of hydrogen-bond donors (Lipinski definition) is 2. The fourth-order valence-corrected chi connectivity index (χ4v) is 3.99. The molecule has 0 bridgehead atoms. The van der Waals surface area contributed by atoms with Gasteiger partial charge in [0.25, 0.3) is 0 Å². The molecule has 0 aromatic carbocycles. The normalized spacial score (nSPS) is 13.8. The molecule has 0 fully saturated rings. The number of nitrogens with two attached hydrogens (primary N) is 1. The van der Waals surface area contributed by atoms with Crippen LogP contribution in [0.5, 0.6) is 0 Å². The molecule has 6 nitrogen and oxygen atoms in total. The van der Waals surface area contributed by atoms with Crippen molar-refractivity contribution in [2.24, 2.45) is 12.5 Å². The molecule has 0 spiro atoms. The average Bonchev–Trinajstić information content (AvgIpc) is 2.38. The van der Waals surface area contributed by atoms with Crippen molar-refractivity contribution in [1.82, 2.24) is 14.5 Å². The number of nitrogens with zero attached hydrogens (tertiary/aromatic N) is 2. The minimum Gasteiger partial charge on any atom is -0.381 e. The number of nitrogen functional groups attached to an aromatic ring is 1. The van der Waals surface area contributed by atoms with E-state index in [0.29, 0.717) is 6.42 Å². The number of sulfonamides is 1. The zero-order chi connectivity index (χ0) is 15.1. The maximum absolute atomic E-state index is 12.3. The van der Waals surface area contributed by atoms with Crippen molar-refractivity contribution >= 4 is 15.8 Å². The number of hydrogen-bond acceptors (Lipinski definition) is 4. The van der Waals surface area contributed by atoms with Crippen LogP contribution in [0.3, 0.4) is 0 Å². The fourth-order valence-electron chi connectivity index (χ4n) is 2.47. The van der Waals surface area contributed by atoms with Crippen LogP contribution in [0.25, 0.3) is 0 Å². The van der Waals surface area contributed by atoms with Crippen LogP contribution in [-0.4, -0.2) is 23.7 Å². The van der Waals surface area contributed by atoms with E-state index < -0.39 is 15.6 Å². The van der Waals surface area contributed by atoms with Gasteiger partial charge < -0.3 is 5.73 Å². The summed E-state index contributed by atoms with van der Waals surface area (Å²) in [5.74, 6) is 0.0153. The molecule has 0 saturated heterocycles. The average molecular weight is 288 g/mol. The van der Waals surface area contributed by atoms with Crippen LogP contribution in [0.15, 0.2) is 11.1 Å². The first-order valence-corrected chi connectivity index (χ1v) is 7.64. The topological polar surface area (TPSA) is 90.0 Å². The van der Waals surface area contributed by atoms with Crippen molar-refractivity contribution in [3.63, 3.8) is 0 Å². The molecule has 3 N–H and O–H groups in total. The molecule has 0 unspecified atom stereocenters. The van der Waals surface area contributed by atoms with E-state index in [-0.39, 0.29) is 16.1 Å². The molecule has 1 aromatic rings. The molecular weight excluding hydrogens is 264 g/mol. The molecule has 1 aromatic heterocycles. The Balaban J connectivity index is 3.01. The van der Waals surface area contributed by atoms with Crippen molar-refractivity contribution in [2.75, 3.05) is 5.73 Å². The Hall–Kier alpha value is -1.08. The summed E-state index contributed by atoms with van der Waals surface area (Å²) >= 11 is 0. The molecule has 0 aliphatic carbocycles. The zero-order valence-corrected chi connectivity index (χ0v) is 13.3. The SMILES string of the molecule is Cn1cc(S(=O)(=O)NC(C)(C)CC(C)(C)C)c(N)n1. The van der Waals surface area contributed by atoms with Gasteiger partial charge in [-0.25, -0.2) is 13.1 Å². The van der Waals surface area contributed by atoms with Crippen molar-refractivity contribution < 1.29 is 8.42 Å². The van der Waals surface area contributed by atoms with Gasteiger partial charge in [-0.15, -0.1) is 0 Å². The lowest BCUT2D eigenvalue weighted by Crippen LogP contribution is -2.45. The highest BCUT2D eigenvalue weighted by atomic mass is 32.2. The van der Waals surface area contributed by atoms with Crippen LogP contribution in [0.2, 0.25) is 0 Å². The van der Waals surface area contributed by atoms with E-state index in [1.807, 2.05) is 13.8 Å². The smallest absolute Gasteiger partial charge is 0.246 e. The molecule has 0 radical (unpaired) electrons. The zero-order valence-electron chi connectivity index (χ0n) is 12.5. The van der Waals surface area contributed by atoms with Crippen molar-refractivity contribution in [3.05, 3.63) is 6.20 Å². The summed E-state index contributed by atoms with van der Waals surface area (Å²) in [5, 5.41) is 3.86. The number of anilines is 1. The van der Waals surface area contributed by atoms with Crippen LogP contribution < -0.4 is 10.5 Å². The second-order valence-corrected chi connectivity index (χ2v) is 8.43. The van der Waals surface area contributed by atoms with Crippen LogP contribution in [0.1, 0.15) is 41.0 Å². The molecule has 0 aliphatic heterocycles. The van der Waals surface area contributed by atoms with Gasteiger partial charge in [0.15, 0.2) is 5.82 Å². The third kappa shape index (κ3) is 4.50. The fraction of sp³-hybridized carbons (Fsp3) is 0.750. The molecule has 7 heteroatoms. The van der Waals surface area contributed by atoms with Gasteiger partial charge >= 0.3 is 0 Å². The lowest BCUT2D eigenvalue weighted by Gasteiger charge is -2.32. The second-order valence-electron chi connectivity index (χ2n) is 6.78. The summed E-state index contributed by atoms with van der Waals surface area (Å²) in [7, 11) is -2.02. The minimum absolute atomic E-state index is 0.0153. The van der Waals surface area contributed by atoms with E-state index in [1.54, 1.807) is 7.05 Å². The first-order valence-electron chi connectivity index (χ1n) is 6.16. The minimum atomic E-state index is -3.66. The lowest BCUT2D eigenvalue weighted by atomic mass is 9.82. The summed E-state index contributed by atoms with van der Waals surface area (Å²) < 4.78 is 28.7. The van der Waals surface area contributed by atoms with E-state index in [0.717, 1.165) is 0 Å². The highest BCUT2D eigenvalue weighted by Crippen LogP contribution is 2.28. The van der Waals surface area contributed by atoms with Gasteiger partial charge in [0.1, 0.15) is 4.90 Å². The monoisotopic (exact) mass is 288 g/mol. The first kappa shape index (κ1) is 16.0. The Morgan fingerprint density at radius 2 is 1.84 bits per heavy atom. The Kier molecular flexibility index (Phi) is 4.03. The van der Waals surface area contributed by atoms with Gasteiger partial charge in [0.2, 0.25) is 10.0 Å². The van der Waals surface area contributed by atoms with E-state index in [9.17, 15) is 8.42 Å². The Bertz CT molecular complexity index is 553. The van der Waals surface area contributed by atoms with Crippen LogP contribution in [0.4, 0.5) is 5.82 Å². The molecule has 0 aliphatic rings. The maximum atomic E-state index is 12.3. The first-order chi connectivity index (χ1) is 8.32. The number of aromatic nitrogens is 2. The van der Waals surface area contributed by atoms with Crippen LogP contribution in [0, 0.1) is 5.41 Å². The summed E-state index contributed by atoms with van der Waals surface area (Å²) in [6.07, 6.45) is 2.12. The molecule has 1 rings (SSSR count). The predicted molar refractivity (Wildman–Crippen MR) is 76.1 cm³/mol. The van der Waals surface area contributed by atoms with Crippen molar-refractivity contribution in [3.8, 4) is 0 Å². The van der Waals surface area contributed by atoms with E-state index in [4.69, 9.17) is 5.73 Å². The highest BCUT2D eigenvalue weighted by molar-refractivity contribution is 7.89. The predicted octanol–water partition coefficient (Wildman–Crippen LogP) is 1.50. The van der Waals surface area contributed by atoms with Crippen molar-refractivity contribution in [1.29, 1.82) is 0 Å². The number of rotatable bonds is 4. The highest BCUT2D eigenvalue weighted by Gasteiger charge is 2.32. The second kappa shape index (κ2) is 4.79. The van der Waals surface area contributed by atoms with Gasteiger partial charge in [-0.2, -0.15) is 5.10 Å². The molecule has 1 heterocycles. The molecule has 0 amide bonds. The quantitative estimate of drug-likeness (QED) is 0.878. The van der Waals surface area contributed by atoms with Gasteiger partial charge in [0, 0.05) is 18.8 Å². The number of nitrogens with one attached hydrogen (secondary N) is 1. The largest absolute Gasteiger partial charge is 0.381 e. The van der Waals surface area contributed by atoms with Gasteiger partial charge in [-0.3, -0.25) is 4.68 Å². The van der Waals surface area contributed by atoms with E-state index in [2.05, 4.69) is 30.6 Å². The van der Waals surface area contributed by atoms with Gasteiger partial charge in [-0.05, 0) is 25.7 Å². The lowest BCUT2D eigenvalue weighted by molar-refractivity contribution is 0.269. The van der Waals surface area contributed by atoms with Gasteiger partial charge in [0.05, 0.1) is 0 Å². The Labute approximate surface area is 115 Å². The number of aryl methyl sites for hydroxylation is 1. The standard InChI is InChI=1S/C12H24N4O2S/c1-11(2,3)8-12(4,5)15-19(17,18)9-7-16(6)14-10(9)13/h7,15H,8H2,1-6H3,(H2,13,14). The van der Waals surface area contributed by atoms with Crippen molar-refractivity contribution in [2.45, 2.75) is 51.5 Å². The summed E-state index contributed by atoms with van der Waals surface area (Å²) in [6.45, 7) is 9.94. The van der Waals surface area contributed by atoms with Gasteiger partial charge in [-0.1, -0.05) is 20.8 Å². The maximum Gasteiger partial charge on any atom is 0.246 e. The third-order valence-corrected chi connectivity index (χ3v) is 4.21. The summed E-state index contributed by atoms with van der Waals surface area (Å²) in [5.41, 5.74) is 5.09. The van der Waals surface area contributed by atoms with E-state index >= 15 is 0 Å². The Morgan fingerprint density at radius 3 is 2.21 bits per heavy atom. The third-order valence-electron chi connectivity index (χ3n) is 2.49. The molecule has 110 valence electrons. The van der Waals surface area contributed by atoms with Crippen LogP contribution in [-0.2, 0) is 17.1 Å². The molecule has 0 saturated carbocycles. The van der Waals surface area contributed by atoms with Crippen LogP contribution >= 0.6 is 0 Å². The summed E-state index contributed by atoms with van der Waals surface area (Å²) in [4.78, 5) is 0.0250. The Morgan fingerprint density at radius 1 is 1.32 bits per heavy atom. The van der Waals surface area contributed by atoms with E-state index in [1.165, 1.54) is 10.9 Å².